The van der Waals surface area contributed by atoms with Gasteiger partial charge in [-0.05, 0) is 55.8 Å². The van der Waals surface area contributed by atoms with Gasteiger partial charge in [0.05, 0.1) is 0 Å². The first-order chi connectivity index (χ1) is 9.61. The number of carbonyl (C=O) groups excluding carboxylic acids is 1. The van der Waals surface area contributed by atoms with Crippen LogP contribution in [-0.4, -0.2) is 19.0 Å². The molecule has 3 N–H and O–H groups in total. The van der Waals surface area contributed by atoms with Crippen molar-refractivity contribution in [3.05, 3.63) is 35.1 Å². The van der Waals surface area contributed by atoms with Crippen LogP contribution in [0.3, 0.4) is 0 Å². The normalized spacial score (nSPS) is 22.6. The molecule has 1 aromatic carbocycles. The minimum absolute atomic E-state index is 0.203. The lowest BCUT2D eigenvalue weighted by Crippen LogP contribution is -2.36. The Morgan fingerprint density at radius 2 is 2.05 bits per heavy atom. The fourth-order valence-corrected chi connectivity index (χ4v) is 2.92. The van der Waals surface area contributed by atoms with Crippen molar-refractivity contribution < 1.29 is 9.18 Å². The van der Waals surface area contributed by atoms with Crippen molar-refractivity contribution in [2.45, 2.75) is 32.6 Å². The van der Waals surface area contributed by atoms with Crippen LogP contribution < -0.4 is 11.1 Å². The average Bonchev–Trinajstić information content (AvgIpc) is 2.47. The van der Waals surface area contributed by atoms with E-state index in [-0.39, 0.29) is 11.7 Å². The van der Waals surface area contributed by atoms with Gasteiger partial charge in [0.25, 0.3) is 5.91 Å². The molecular formula is C16H23FN2O. The third kappa shape index (κ3) is 3.57. The zero-order valence-electron chi connectivity index (χ0n) is 12.0. The summed E-state index contributed by atoms with van der Waals surface area (Å²) in [5.41, 5.74) is 6.72. The molecular weight excluding hydrogens is 255 g/mol. The Bertz CT molecular complexity index is 476. The maximum absolute atomic E-state index is 13.5. The summed E-state index contributed by atoms with van der Waals surface area (Å²) in [6.07, 6.45) is 4.70. The molecule has 3 nitrogen and oxygen atoms in total. The molecule has 1 amide bonds. The van der Waals surface area contributed by atoms with E-state index in [1.807, 2.05) is 0 Å². The van der Waals surface area contributed by atoms with E-state index < -0.39 is 0 Å². The van der Waals surface area contributed by atoms with Crippen LogP contribution in [0.15, 0.2) is 18.2 Å². The molecule has 2 unspecified atom stereocenters. The van der Waals surface area contributed by atoms with E-state index in [4.69, 9.17) is 5.73 Å². The lowest BCUT2D eigenvalue weighted by atomic mass is 9.79. The predicted octanol–water partition coefficient (Wildman–Crippen LogP) is 2.63. The number of hydrogen-bond acceptors (Lipinski definition) is 2. The van der Waals surface area contributed by atoms with Gasteiger partial charge in [-0.15, -0.1) is 0 Å². The number of halogens is 1. The highest BCUT2D eigenvalue weighted by molar-refractivity contribution is 5.94. The maximum Gasteiger partial charge on any atom is 0.251 e. The minimum atomic E-state index is -0.338. The Labute approximate surface area is 119 Å². The SMILES string of the molecule is Cc1ccc(C(=O)NCC2CCCCC2CN)cc1F. The summed E-state index contributed by atoms with van der Waals surface area (Å²) in [5, 5.41) is 2.92. The van der Waals surface area contributed by atoms with Crippen molar-refractivity contribution in [1.29, 1.82) is 0 Å². The van der Waals surface area contributed by atoms with Gasteiger partial charge in [0.15, 0.2) is 0 Å². The summed E-state index contributed by atoms with van der Waals surface area (Å²) in [6, 6.07) is 4.59. The molecule has 0 heterocycles. The van der Waals surface area contributed by atoms with Crippen molar-refractivity contribution in [2.75, 3.05) is 13.1 Å². The molecule has 0 aliphatic heterocycles. The lowest BCUT2D eigenvalue weighted by Gasteiger charge is -2.30. The molecule has 2 atom stereocenters. The fraction of sp³-hybridized carbons (Fsp3) is 0.562. The molecule has 0 radical (unpaired) electrons. The molecule has 0 bridgehead atoms. The zero-order valence-corrected chi connectivity index (χ0v) is 12.0. The third-order valence-corrected chi connectivity index (χ3v) is 4.33. The Kier molecular flexibility index (Phi) is 5.12. The Morgan fingerprint density at radius 3 is 2.70 bits per heavy atom. The van der Waals surface area contributed by atoms with E-state index in [9.17, 15) is 9.18 Å². The van der Waals surface area contributed by atoms with Gasteiger partial charge in [-0.1, -0.05) is 18.9 Å². The van der Waals surface area contributed by atoms with Crippen LogP contribution in [0.25, 0.3) is 0 Å². The van der Waals surface area contributed by atoms with Crippen molar-refractivity contribution >= 4 is 5.91 Å². The van der Waals surface area contributed by atoms with E-state index in [2.05, 4.69) is 5.32 Å². The molecule has 0 saturated heterocycles. The van der Waals surface area contributed by atoms with Crippen LogP contribution in [0.2, 0.25) is 0 Å². The summed E-state index contributed by atoms with van der Waals surface area (Å²) in [4.78, 5) is 12.0. The van der Waals surface area contributed by atoms with Crippen LogP contribution in [0, 0.1) is 24.6 Å². The first-order valence-electron chi connectivity index (χ1n) is 7.36. The number of benzene rings is 1. The van der Waals surface area contributed by atoms with Gasteiger partial charge in [0, 0.05) is 12.1 Å². The minimum Gasteiger partial charge on any atom is -0.352 e. The van der Waals surface area contributed by atoms with Crippen LogP contribution in [0.1, 0.15) is 41.6 Å². The van der Waals surface area contributed by atoms with Gasteiger partial charge in [-0.25, -0.2) is 4.39 Å². The molecule has 110 valence electrons. The summed E-state index contributed by atoms with van der Waals surface area (Å²) in [6.45, 7) is 3.00. The van der Waals surface area contributed by atoms with Crippen LogP contribution in [-0.2, 0) is 0 Å². The average molecular weight is 278 g/mol. The molecule has 1 aliphatic carbocycles. The summed E-state index contributed by atoms with van der Waals surface area (Å²) >= 11 is 0. The molecule has 2 rings (SSSR count). The topological polar surface area (TPSA) is 55.1 Å². The Balaban J connectivity index is 1.92. The van der Waals surface area contributed by atoms with Crippen LogP contribution in [0.5, 0.6) is 0 Å². The van der Waals surface area contributed by atoms with Crippen molar-refractivity contribution in [1.82, 2.24) is 5.32 Å². The second-order valence-corrected chi connectivity index (χ2v) is 5.71. The predicted molar refractivity (Wildman–Crippen MR) is 78.0 cm³/mol. The Morgan fingerprint density at radius 1 is 1.35 bits per heavy atom. The van der Waals surface area contributed by atoms with Crippen molar-refractivity contribution in [2.24, 2.45) is 17.6 Å². The summed E-state index contributed by atoms with van der Waals surface area (Å²) < 4.78 is 13.5. The standard InChI is InChI=1S/C16H23FN2O/c1-11-6-7-12(8-15(11)17)16(20)19-10-14-5-3-2-4-13(14)9-18/h6-8,13-14H,2-5,9-10,18H2,1H3,(H,19,20). The largest absolute Gasteiger partial charge is 0.352 e. The van der Waals surface area contributed by atoms with Crippen molar-refractivity contribution in [3.8, 4) is 0 Å². The summed E-state index contributed by atoms with van der Waals surface area (Å²) in [5.74, 6) is 0.409. The summed E-state index contributed by atoms with van der Waals surface area (Å²) in [7, 11) is 0. The number of amides is 1. The molecule has 0 aromatic heterocycles. The monoisotopic (exact) mass is 278 g/mol. The smallest absolute Gasteiger partial charge is 0.251 e. The van der Waals surface area contributed by atoms with E-state index in [0.717, 1.165) is 12.8 Å². The Hall–Kier alpha value is -1.42. The highest BCUT2D eigenvalue weighted by Crippen LogP contribution is 2.28. The number of rotatable bonds is 4. The first kappa shape index (κ1) is 15.0. The second-order valence-electron chi connectivity index (χ2n) is 5.71. The van der Waals surface area contributed by atoms with Crippen LogP contribution in [0.4, 0.5) is 4.39 Å². The number of carbonyl (C=O) groups is 1. The highest BCUT2D eigenvalue weighted by Gasteiger charge is 2.24. The quantitative estimate of drug-likeness (QED) is 0.889. The van der Waals surface area contributed by atoms with Gasteiger partial charge in [0.2, 0.25) is 0 Å². The second kappa shape index (κ2) is 6.84. The van der Waals surface area contributed by atoms with E-state index in [0.29, 0.717) is 36.1 Å². The highest BCUT2D eigenvalue weighted by atomic mass is 19.1. The number of nitrogens with one attached hydrogen (secondary N) is 1. The lowest BCUT2D eigenvalue weighted by molar-refractivity contribution is 0.0934. The van der Waals surface area contributed by atoms with Gasteiger partial charge in [-0.2, -0.15) is 0 Å². The van der Waals surface area contributed by atoms with Crippen LogP contribution >= 0.6 is 0 Å². The maximum atomic E-state index is 13.5. The van der Waals surface area contributed by atoms with E-state index in [1.165, 1.54) is 18.9 Å². The molecule has 20 heavy (non-hydrogen) atoms. The fourth-order valence-electron chi connectivity index (χ4n) is 2.92. The molecule has 1 fully saturated rings. The van der Waals surface area contributed by atoms with Gasteiger partial charge < -0.3 is 11.1 Å². The van der Waals surface area contributed by atoms with E-state index in [1.54, 1.807) is 19.1 Å². The molecule has 1 aliphatic rings. The van der Waals surface area contributed by atoms with Gasteiger partial charge in [0.1, 0.15) is 5.82 Å². The number of aryl methyl sites for hydroxylation is 1. The molecule has 1 aromatic rings. The molecule has 0 spiro atoms. The molecule has 4 heteroatoms. The number of hydrogen-bond donors (Lipinski definition) is 2. The van der Waals surface area contributed by atoms with Gasteiger partial charge in [-0.3, -0.25) is 4.79 Å². The van der Waals surface area contributed by atoms with Crippen molar-refractivity contribution in [3.63, 3.8) is 0 Å². The van der Waals surface area contributed by atoms with E-state index >= 15 is 0 Å². The van der Waals surface area contributed by atoms with Gasteiger partial charge >= 0.3 is 0 Å². The number of nitrogens with two attached hydrogens (primary N) is 1. The first-order valence-corrected chi connectivity index (χ1v) is 7.36. The third-order valence-electron chi connectivity index (χ3n) is 4.33. The molecule has 1 saturated carbocycles. The zero-order chi connectivity index (χ0) is 14.5.